The van der Waals surface area contributed by atoms with Crippen molar-refractivity contribution in [1.82, 2.24) is 4.90 Å². The number of nitrogens with zero attached hydrogens (tertiary/aromatic N) is 1. The predicted octanol–water partition coefficient (Wildman–Crippen LogP) is 1.14. The van der Waals surface area contributed by atoms with Gasteiger partial charge in [0.2, 0.25) is 0 Å². The summed E-state index contributed by atoms with van der Waals surface area (Å²) < 4.78 is 18.0. The van der Waals surface area contributed by atoms with Crippen LogP contribution in [0.4, 0.5) is 4.39 Å². The van der Waals surface area contributed by atoms with Crippen LogP contribution in [0.1, 0.15) is 6.42 Å². The van der Waals surface area contributed by atoms with Gasteiger partial charge in [0.05, 0.1) is 6.42 Å². The molecule has 1 amide bonds. The van der Waals surface area contributed by atoms with E-state index in [1.807, 2.05) is 0 Å². The first-order chi connectivity index (χ1) is 9.04. The predicted molar refractivity (Wildman–Crippen MR) is 64.2 cm³/mol. The summed E-state index contributed by atoms with van der Waals surface area (Å²) in [4.78, 5) is 23.7. The molecule has 6 heteroatoms. The van der Waals surface area contributed by atoms with Crippen LogP contribution in [0.5, 0.6) is 5.75 Å². The SMILES string of the molecule is O=C(O)CC1CN(C(=O)COc2cccc(F)c2)C1. The van der Waals surface area contributed by atoms with Crippen molar-refractivity contribution in [3.63, 3.8) is 0 Å². The molecule has 0 bridgehead atoms. The number of amides is 1. The van der Waals surface area contributed by atoms with E-state index in [1.54, 1.807) is 6.07 Å². The molecule has 19 heavy (non-hydrogen) atoms. The van der Waals surface area contributed by atoms with Crippen LogP contribution in [0.25, 0.3) is 0 Å². The number of hydrogen-bond acceptors (Lipinski definition) is 3. The first-order valence-electron chi connectivity index (χ1n) is 5.92. The quantitative estimate of drug-likeness (QED) is 0.868. The fourth-order valence-corrected chi connectivity index (χ4v) is 1.94. The Morgan fingerprint density at radius 2 is 2.16 bits per heavy atom. The number of carbonyl (C=O) groups is 2. The zero-order chi connectivity index (χ0) is 13.8. The van der Waals surface area contributed by atoms with E-state index < -0.39 is 11.8 Å². The number of hydrogen-bond donors (Lipinski definition) is 1. The summed E-state index contributed by atoms with van der Waals surface area (Å²) in [6.07, 6.45) is 0.0779. The minimum absolute atomic E-state index is 0.0237. The molecule has 1 fully saturated rings. The normalized spacial score (nSPS) is 14.9. The highest BCUT2D eigenvalue weighted by atomic mass is 19.1. The van der Waals surface area contributed by atoms with Crippen LogP contribution in [-0.2, 0) is 9.59 Å². The number of aliphatic carboxylic acids is 1. The second-order valence-corrected chi connectivity index (χ2v) is 4.51. The molecule has 0 aliphatic carbocycles. The first kappa shape index (κ1) is 13.3. The van der Waals surface area contributed by atoms with Gasteiger partial charge in [0.25, 0.3) is 5.91 Å². The third kappa shape index (κ3) is 3.67. The molecule has 0 spiro atoms. The lowest BCUT2D eigenvalue weighted by atomic mass is 9.96. The Balaban J connectivity index is 1.73. The maximum absolute atomic E-state index is 12.9. The molecular formula is C13H14FNO4. The van der Waals surface area contributed by atoms with Gasteiger partial charge in [-0.25, -0.2) is 4.39 Å². The molecule has 102 valence electrons. The third-order valence-corrected chi connectivity index (χ3v) is 2.93. The Morgan fingerprint density at radius 3 is 2.79 bits per heavy atom. The minimum Gasteiger partial charge on any atom is -0.484 e. The van der Waals surface area contributed by atoms with E-state index in [0.29, 0.717) is 18.8 Å². The van der Waals surface area contributed by atoms with E-state index >= 15 is 0 Å². The largest absolute Gasteiger partial charge is 0.484 e. The maximum atomic E-state index is 12.9. The van der Waals surface area contributed by atoms with Crippen LogP contribution in [0.2, 0.25) is 0 Å². The van der Waals surface area contributed by atoms with E-state index in [0.717, 1.165) is 0 Å². The van der Waals surface area contributed by atoms with Gasteiger partial charge < -0.3 is 14.7 Å². The van der Waals surface area contributed by atoms with Gasteiger partial charge in [0.1, 0.15) is 11.6 Å². The molecule has 0 radical (unpaired) electrons. The lowest BCUT2D eigenvalue weighted by Crippen LogP contribution is -2.52. The molecule has 0 unspecified atom stereocenters. The van der Waals surface area contributed by atoms with Crippen molar-refractivity contribution >= 4 is 11.9 Å². The van der Waals surface area contributed by atoms with Gasteiger partial charge in [0.15, 0.2) is 6.61 Å². The van der Waals surface area contributed by atoms with Gasteiger partial charge in [-0.1, -0.05) is 6.07 Å². The third-order valence-electron chi connectivity index (χ3n) is 2.93. The van der Waals surface area contributed by atoms with Crippen LogP contribution < -0.4 is 4.74 Å². The molecule has 1 aliphatic rings. The molecule has 0 saturated carbocycles. The molecule has 0 atom stereocenters. The molecule has 0 aromatic heterocycles. The molecule has 1 aromatic rings. The molecule has 1 aliphatic heterocycles. The standard InChI is InChI=1S/C13H14FNO4/c14-10-2-1-3-11(5-10)19-8-12(16)15-6-9(7-15)4-13(17)18/h1-3,5,9H,4,6-8H2,(H,17,18). The molecule has 1 N–H and O–H groups in total. The number of carboxylic acid groups (broad SMARTS) is 1. The number of ether oxygens (including phenoxy) is 1. The highest BCUT2D eigenvalue weighted by Crippen LogP contribution is 2.19. The van der Waals surface area contributed by atoms with Crippen LogP contribution in [0.3, 0.4) is 0 Å². The number of rotatable bonds is 5. The summed E-state index contributed by atoms with van der Waals surface area (Å²) in [6, 6.07) is 5.57. The van der Waals surface area contributed by atoms with E-state index in [9.17, 15) is 14.0 Å². The number of likely N-dealkylation sites (tertiary alicyclic amines) is 1. The topological polar surface area (TPSA) is 66.8 Å². The van der Waals surface area contributed by atoms with Gasteiger partial charge in [0, 0.05) is 25.1 Å². The minimum atomic E-state index is -0.854. The van der Waals surface area contributed by atoms with Crippen LogP contribution in [0, 0.1) is 11.7 Å². The summed E-state index contributed by atoms with van der Waals surface area (Å²) >= 11 is 0. The molecular weight excluding hydrogens is 253 g/mol. The summed E-state index contributed by atoms with van der Waals surface area (Å²) in [5.41, 5.74) is 0. The zero-order valence-corrected chi connectivity index (χ0v) is 10.2. The van der Waals surface area contributed by atoms with E-state index in [2.05, 4.69) is 0 Å². The van der Waals surface area contributed by atoms with Gasteiger partial charge in [-0.3, -0.25) is 9.59 Å². The summed E-state index contributed by atoms with van der Waals surface area (Å²) in [6.45, 7) is 0.721. The Morgan fingerprint density at radius 1 is 1.42 bits per heavy atom. The van der Waals surface area contributed by atoms with E-state index in [-0.39, 0.29) is 24.9 Å². The van der Waals surface area contributed by atoms with Crippen molar-refractivity contribution in [3.8, 4) is 5.75 Å². The summed E-state index contributed by atoms with van der Waals surface area (Å²) in [5.74, 6) is -1.17. The second-order valence-electron chi connectivity index (χ2n) is 4.51. The van der Waals surface area contributed by atoms with E-state index in [4.69, 9.17) is 9.84 Å². The number of benzene rings is 1. The van der Waals surface area contributed by atoms with Crippen molar-refractivity contribution in [2.45, 2.75) is 6.42 Å². The van der Waals surface area contributed by atoms with Gasteiger partial charge in [-0.05, 0) is 12.1 Å². The Labute approximate surface area is 109 Å². The Bertz CT molecular complexity index is 485. The highest BCUT2D eigenvalue weighted by Gasteiger charge is 2.31. The first-order valence-corrected chi connectivity index (χ1v) is 5.92. The van der Waals surface area contributed by atoms with Crippen molar-refractivity contribution < 1.29 is 23.8 Å². The van der Waals surface area contributed by atoms with Gasteiger partial charge in [-0.2, -0.15) is 0 Å². The molecule has 1 saturated heterocycles. The molecule has 1 aromatic carbocycles. The fraction of sp³-hybridized carbons (Fsp3) is 0.385. The number of carbonyl (C=O) groups excluding carboxylic acids is 1. The monoisotopic (exact) mass is 267 g/mol. The maximum Gasteiger partial charge on any atom is 0.303 e. The average molecular weight is 267 g/mol. The number of halogens is 1. The van der Waals surface area contributed by atoms with Crippen molar-refractivity contribution in [1.29, 1.82) is 0 Å². The second kappa shape index (κ2) is 5.69. The summed E-state index contributed by atoms with van der Waals surface area (Å²) in [7, 11) is 0. The smallest absolute Gasteiger partial charge is 0.303 e. The molecule has 2 rings (SSSR count). The molecule has 5 nitrogen and oxygen atoms in total. The zero-order valence-electron chi connectivity index (χ0n) is 10.2. The molecule has 1 heterocycles. The van der Waals surface area contributed by atoms with Crippen molar-refractivity contribution in [2.24, 2.45) is 5.92 Å². The lowest BCUT2D eigenvalue weighted by Gasteiger charge is -2.38. The van der Waals surface area contributed by atoms with E-state index in [1.165, 1.54) is 23.1 Å². The van der Waals surface area contributed by atoms with Crippen LogP contribution >= 0.6 is 0 Å². The van der Waals surface area contributed by atoms with Gasteiger partial charge in [-0.15, -0.1) is 0 Å². The number of carboxylic acids is 1. The van der Waals surface area contributed by atoms with Gasteiger partial charge >= 0.3 is 5.97 Å². The average Bonchev–Trinajstić information content (AvgIpc) is 2.30. The Hall–Kier alpha value is -2.11. The fourth-order valence-electron chi connectivity index (χ4n) is 1.94. The highest BCUT2D eigenvalue weighted by molar-refractivity contribution is 5.79. The Kier molecular flexibility index (Phi) is 3.99. The van der Waals surface area contributed by atoms with Crippen molar-refractivity contribution in [3.05, 3.63) is 30.1 Å². The van der Waals surface area contributed by atoms with Crippen molar-refractivity contribution in [2.75, 3.05) is 19.7 Å². The summed E-state index contributed by atoms with van der Waals surface area (Å²) in [5, 5.41) is 8.59. The van der Waals surface area contributed by atoms with Crippen LogP contribution in [0.15, 0.2) is 24.3 Å². The lowest BCUT2D eigenvalue weighted by molar-refractivity contribution is -0.146. The van der Waals surface area contributed by atoms with Crippen LogP contribution in [-0.4, -0.2) is 41.6 Å².